The van der Waals surface area contributed by atoms with Crippen LogP contribution in [0, 0.1) is 13.8 Å². The molecule has 0 amide bonds. The number of benzene rings is 1. The van der Waals surface area contributed by atoms with Crippen LogP contribution in [0.15, 0.2) is 36.4 Å². The third-order valence-electron chi connectivity index (χ3n) is 4.67. The molecule has 0 bridgehead atoms. The van der Waals surface area contributed by atoms with Gasteiger partial charge < -0.3 is 15.2 Å². The van der Waals surface area contributed by atoms with Crippen molar-refractivity contribution in [3.05, 3.63) is 58.9 Å². The molecule has 3 aromatic rings. The van der Waals surface area contributed by atoms with Gasteiger partial charge in [-0.1, -0.05) is 39.0 Å². The summed E-state index contributed by atoms with van der Waals surface area (Å²) in [6.45, 7) is 10.3. The molecule has 1 aromatic carbocycles. The summed E-state index contributed by atoms with van der Waals surface area (Å²) in [5, 5.41) is 17.7. The number of carboxylic acids is 1. The van der Waals surface area contributed by atoms with E-state index in [1.54, 1.807) is 12.1 Å². The summed E-state index contributed by atoms with van der Waals surface area (Å²) < 4.78 is 6.90. The fourth-order valence-electron chi connectivity index (χ4n) is 3.10. The number of carbonyl (C=O) groups is 1. The molecule has 0 aliphatic heterocycles. The number of nitrogens with one attached hydrogen (secondary N) is 1. The third kappa shape index (κ3) is 4.08. The van der Waals surface area contributed by atoms with Crippen LogP contribution in [0.1, 0.15) is 48.1 Å². The number of aromatic carboxylic acids is 1. The second-order valence-electron chi connectivity index (χ2n) is 8.00. The van der Waals surface area contributed by atoms with E-state index in [4.69, 9.17) is 9.84 Å². The lowest BCUT2D eigenvalue weighted by molar-refractivity contribution is 0.0690. The topological polar surface area (TPSA) is 89.3 Å². The number of methoxy groups -OCH3 is 1. The first kappa shape index (κ1) is 20.4. The Morgan fingerprint density at radius 2 is 1.79 bits per heavy atom. The van der Waals surface area contributed by atoms with Crippen molar-refractivity contribution in [1.82, 2.24) is 14.8 Å². The van der Waals surface area contributed by atoms with Crippen molar-refractivity contribution in [2.24, 2.45) is 0 Å². The molecule has 0 aliphatic rings. The number of anilines is 2. The molecule has 0 saturated heterocycles. The van der Waals surface area contributed by atoms with Crippen LogP contribution in [-0.4, -0.2) is 33.0 Å². The van der Waals surface area contributed by atoms with Crippen LogP contribution in [0.3, 0.4) is 0 Å². The van der Waals surface area contributed by atoms with Crippen molar-refractivity contribution in [3.8, 4) is 11.6 Å². The molecule has 2 aromatic heterocycles. The lowest BCUT2D eigenvalue weighted by Gasteiger charge is -2.16. The molecule has 2 N–H and O–H groups in total. The Labute approximate surface area is 170 Å². The predicted octanol–water partition coefficient (Wildman–Crippen LogP) is 4.63. The number of aryl methyl sites for hydroxylation is 2. The van der Waals surface area contributed by atoms with Crippen molar-refractivity contribution in [2.45, 2.75) is 40.0 Å². The van der Waals surface area contributed by atoms with Crippen LogP contribution in [0.5, 0.6) is 5.88 Å². The van der Waals surface area contributed by atoms with Crippen molar-refractivity contribution in [3.63, 3.8) is 0 Å². The van der Waals surface area contributed by atoms with Crippen LogP contribution in [-0.2, 0) is 5.41 Å². The summed E-state index contributed by atoms with van der Waals surface area (Å²) >= 11 is 0. The summed E-state index contributed by atoms with van der Waals surface area (Å²) in [6, 6.07) is 11.3. The highest BCUT2D eigenvalue weighted by Gasteiger charge is 2.23. The maximum absolute atomic E-state index is 11.7. The number of pyridine rings is 1. The number of rotatable bonds is 5. The Kier molecular flexibility index (Phi) is 5.33. The van der Waals surface area contributed by atoms with Gasteiger partial charge in [0.05, 0.1) is 24.2 Å². The minimum atomic E-state index is -1.14. The van der Waals surface area contributed by atoms with Gasteiger partial charge in [0.25, 0.3) is 0 Å². The van der Waals surface area contributed by atoms with Gasteiger partial charge in [-0.2, -0.15) is 5.10 Å². The summed E-state index contributed by atoms with van der Waals surface area (Å²) in [5.41, 5.74) is 4.07. The number of ether oxygens (including phenoxy) is 1. The van der Waals surface area contributed by atoms with Gasteiger partial charge in [0, 0.05) is 17.5 Å². The van der Waals surface area contributed by atoms with E-state index in [9.17, 15) is 9.90 Å². The molecule has 7 heteroatoms. The van der Waals surface area contributed by atoms with Crippen molar-refractivity contribution >= 4 is 17.5 Å². The standard InChI is InChI=1S/C22H26N4O3/c1-13-8-7-9-14(2)20(13)26-17(12-16(25-26)22(3,4)5)23-15-10-11-18(29-6)24-19(15)21(27)28/h7-12,23H,1-6H3,(H,27,28). The maximum atomic E-state index is 11.7. The van der Waals surface area contributed by atoms with Crippen LogP contribution in [0.2, 0.25) is 0 Å². The largest absolute Gasteiger partial charge is 0.481 e. The summed E-state index contributed by atoms with van der Waals surface area (Å²) in [4.78, 5) is 15.8. The van der Waals surface area contributed by atoms with Gasteiger partial charge in [0.2, 0.25) is 5.88 Å². The van der Waals surface area contributed by atoms with E-state index in [1.807, 2.05) is 42.8 Å². The Bertz CT molecular complexity index is 1040. The quantitative estimate of drug-likeness (QED) is 0.656. The van der Waals surface area contributed by atoms with Crippen molar-refractivity contribution in [1.29, 1.82) is 0 Å². The fourth-order valence-corrected chi connectivity index (χ4v) is 3.10. The minimum Gasteiger partial charge on any atom is -0.481 e. The van der Waals surface area contributed by atoms with E-state index in [2.05, 4.69) is 31.1 Å². The van der Waals surface area contributed by atoms with Crippen LogP contribution < -0.4 is 10.1 Å². The Balaban J connectivity index is 2.18. The monoisotopic (exact) mass is 394 g/mol. The van der Waals surface area contributed by atoms with E-state index in [0.29, 0.717) is 11.5 Å². The minimum absolute atomic E-state index is 0.115. The number of hydrogen-bond acceptors (Lipinski definition) is 5. The molecule has 3 rings (SSSR count). The van der Waals surface area contributed by atoms with Crippen molar-refractivity contribution in [2.75, 3.05) is 12.4 Å². The second kappa shape index (κ2) is 7.58. The zero-order valence-electron chi connectivity index (χ0n) is 17.6. The number of carboxylic acid groups (broad SMARTS) is 1. The molecule has 0 atom stereocenters. The van der Waals surface area contributed by atoms with Crippen molar-refractivity contribution < 1.29 is 14.6 Å². The summed E-state index contributed by atoms with van der Waals surface area (Å²) in [6.07, 6.45) is 0. The van der Waals surface area contributed by atoms with Crippen LogP contribution in [0.4, 0.5) is 11.5 Å². The van der Waals surface area contributed by atoms with E-state index in [0.717, 1.165) is 22.5 Å². The molecule has 0 spiro atoms. The zero-order chi connectivity index (χ0) is 21.3. The molecule has 7 nitrogen and oxygen atoms in total. The molecule has 2 heterocycles. The van der Waals surface area contributed by atoms with Gasteiger partial charge in [0.15, 0.2) is 5.69 Å². The Morgan fingerprint density at radius 1 is 1.14 bits per heavy atom. The average Bonchev–Trinajstić information content (AvgIpc) is 3.05. The Hall–Kier alpha value is -3.35. The normalized spacial score (nSPS) is 11.4. The van der Waals surface area contributed by atoms with Gasteiger partial charge in [-0.25, -0.2) is 14.5 Å². The number of aromatic nitrogens is 3. The van der Waals surface area contributed by atoms with E-state index in [1.165, 1.54) is 7.11 Å². The average molecular weight is 394 g/mol. The molecular weight excluding hydrogens is 368 g/mol. The smallest absolute Gasteiger partial charge is 0.356 e. The van der Waals surface area contributed by atoms with Gasteiger partial charge in [-0.3, -0.25) is 0 Å². The second-order valence-corrected chi connectivity index (χ2v) is 8.00. The van der Waals surface area contributed by atoms with E-state index >= 15 is 0 Å². The zero-order valence-corrected chi connectivity index (χ0v) is 17.6. The Morgan fingerprint density at radius 3 is 2.34 bits per heavy atom. The number of nitrogens with zero attached hydrogens (tertiary/aromatic N) is 3. The van der Waals surface area contributed by atoms with Crippen LogP contribution >= 0.6 is 0 Å². The molecular formula is C22H26N4O3. The van der Waals surface area contributed by atoms with Crippen LogP contribution in [0.25, 0.3) is 5.69 Å². The molecule has 0 aliphatic carbocycles. The van der Waals surface area contributed by atoms with Gasteiger partial charge in [0.1, 0.15) is 5.82 Å². The third-order valence-corrected chi connectivity index (χ3v) is 4.67. The molecule has 0 saturated carbocycles. The first-order valence-electron chi connectivity index (χ1n) is 9.34. The van der Waals surface area contributed by atoms with E-state index in [-0.39, 0.29) is 17.0 Å². The number of para-hydroxylation sites is 1. The highest BCUT2D eigenvalue weighted by atomic mass is 16.5. The fraction of sp³-hybridized carbons (Fsp3) is 0.318. The molecule has 0 unspecified atom stereocenters. The van der Waals surface area contributed by atoms with Gasteiger partial charge >= 0.3 is 5.97 Å². The van der Waals surface area contributed by atoms with Gasteiger partial charge in [-0.15, -0.1) is 0 Å². The summed E-state index contributed by atoms with van der Waals surface area (Å²) in [7, 11) is 1.45. The maximum Gasteiger partial charge on any atom is 0.356 e. The molecule has 0 fully saturated rings. The molecule has 0 radical (unpaired) electrons. The summed E-state index contributed by atoms with van der Waals surface area (Å²) in [5.74, 6) is -0.228. The molecule has 29 heavy (non-hydrogen) atoms. The van der Waals surface area contributed by atoms with E-state index < -0.39 is 5.97 Å². The SMILES string of the molecule is COc1ccc(Nc2cc(C(C)(C)C)nn2-c2c(C)cccc2C)c(C(=O)O)n1. The lowest BCUT2D eigenvalue weighted by atomic mass is 9.92. The first-order valence-corrected chi connectivity index (χ1v) is 9.34. The predicted molar refractivity (Wildman–Crippen MR) is 113 cm³/mol. The highest BCUT2D eigenvalue weighted by Crippen LogP contribution is 2.31. The number of hydrogen-bond donors (Lipinski definition) is 2. The van der Waals surface area contributed by atoms with Gasteiger partial charge in [-0.05, 0) is 31.0 Å². The lowest BCUT2D eigenvalue weighted by Crippen LogP contribution is -2.13. The molecule has 152 valence electrons. The first-order chi connectivity index (χ1) is 13.6. The highest BCUT2D eigenvalue weighted by molar-refractivity contribution is 5.93.